The molecule has 0 atom stereocenters. The lowest BCUT2D eigenvalue weighted by Gasteiger charge is -2.26. The highest BCUT2D eigenvalue weighted by atomic mass is 19.3. The summed E-state index contributed by atoms with van der Waals surface area (Å²) in [6, 6.07) is 0. The fourth-order valence-electron chi connectivity index (χ4n) is 0.930. The number of hydrogen-bond donors (Lipinski definition) is 2. The number of nitrogens with two attached hydrogens (primary N) is 1. The van der Waals surface area contributed by atoms with Gasteiger partial charge in [0.2, 0.25) is 0 Å². The van der Waals surface area contributed by atoms with E-state index in [9.17, 15) is 8.78 Å². The topological polar surface area (TPSA) is 38.0 Å². The Morgan fingerprint density at radius 2 is 1.83 bits per heavy atom. The summed E-state index contributed by atoms with van der Waals surface area (Å²) in [5.41, 5.74) is 5.55. The van der Waals surface area contributed by atoms with E-state index in [4.69, 9.17) is 5.73 Å². The maximum absolute atomic E-state index is 11.7. The van der Waals surface area contributed by atoms with Crippen molar-refractivity contribution >= 4 is 0 Å². The van der Waals surface area contributed by atoms with E-state index in [-0.39, 0.29) is 12.1 Å². The Morgan fingerprint density at radius 1 is 1.33 bits per heavy atom. The van der Waals surface area contributed by atoms with Gasteiger partial charge in [-0.3, -0.25) is 0 Å². The van der Waals surface area contributed by atoms with Gasteiger partial charge in [0, 0.05) is 12.1 Å². The molecule has 0 spiro atoms. The highest BCUT2D eigenvalue weighted by molar-refractivity contribution is 4.83. The Labute approximate surface area is 72.5 Å². The van der Waals surface area contributed by atoms with E-state index in [1.54, 1.807) is 0 Å². The van der Waals surface area contributed by atoms with Gasteiger partial charge in [0.25, 0.3) is 6.43 Å². The molecule has 0 aliphatic rings. The number of rotatable bonds is 6. The molecular weight excluding hydrogens is 162 g/mol. The van der Waals surface area contributed by atoms with E-state index in [1.165, 1.54) is 0 Å². The van der Waals surface area contributed by atoms with Gasteiger partial charge in [-0.25, -0.2) is 8.78 Å². The van der Waals surface area contributed by atoms with Crippen LogP contribution in [0.4, 0.5) is 8.78 Å². The molecule has 0 unspecified atom stereocenters. The van der Waals surface area contributed by atoms with Crippen molar-refractivity contribution in [1.29, 1.82) is 0 Å². The Balaban J connectivity index is 3.58. The predicted octanol–water partition coefficient (Wildman–Crippen LogP) is 1.36. The van der Waals surface area contributed by atoms with Crippen molar-refractivity contribution < 1.29 is 8.78 Å². The second-order valence-electron chi connectivity index (χ2n) is 3.09. The van der Waals surface area contributed by atoms with E-state index in [0.29, 0.717) is 6.54 Å². The summed E-state index contributed by atoms with van der Waals surface area (Å²) >= 11 is 0. The zero-order valence-electron chi connectivity index (χ0n) is 7.74. The first-order chi connectivity index (χ1) is 5.54. The van der Waals surface area contributed by atoms with E-state index < -0.39 is 6.43 Å². The minimum Gasteiger partial charge on any atom is -0.324 e. The Kier molecular flexibility index (Phi) is 5.33. The van der Waals surface area contributed by atoms with Crippen LogP contribution in [-0.4, -0.2) is 25.1 Å². The van der Waals surface area contributed by atoms with Gasteiger partial charge in [-0.2, -0.15) is 0 Å². The maximum atomic E-state index is 11.7. The minimum atomic E-state index is -2.29. The SMILES string of the molecule is CCC(N)(CC)CNCC(F)F. The van der Waals surface area contributed by atoms with Gasteiger partial charge in [-0.05, 0) is 12.8 Å². The second-order valence-corrected chi connectivity index (χ2v) is 3.09. The zero-order valence-corrected chi connectivity index (χ0v) is 7.74. The van der Waals surface area contributed by atoms with Gasteiger partial charge < -0.3 is 11.1 Å². The van der Waals surface area contributed by atoms with E-state index in [1.807, 2.05) is 13.8 Å². The summed E-state index contributed by atoms with van der Waals surface area (Å²) in [6.07, 6.45) is -0.678. The van der Waals surface area contributed by atoms with Gasteiger partial charge in [-0.15, -0.1) is 0 Å². The molecule has 0 aromatic heterocycles. The molecule has 0 heterocycles. The summed E-state index contributed by atoms with van der Waals surface area (Å²) in [4.78, 5) is 0. The molecule has 0 rings (SSSR count). The van der Waals surface area contributed by atoms with Crippen molar-refractivity contribution in [3.8, 4) is 0 Å². The molecular formula is C8H18F2N2. The van der Waals surface area contributed by atoms with Crippen molar-refractivity contribution in [2.45, 2.75) is 38.7 Å². The highest BCUT2D eigenvalue weighted by Crippen LogP contribution is 2.09. The van der Waals surface area contributed by atoms with Gasteiger partial charge in [0.15, 0.2) is 0 Å². The average molecular weight is 180 g/mol. The van der Waals surface area contributed by atoms with Crippen LogP contribution in [0.15, 0.2) is 0 Å². The van der Waals surface area contributed by atoms with E-state index >= 15 is 0 Å². The third-order valence-corrected chi connectivity index (χ3v) is 2.18. The summed E-state index contributed by atoms with van der Waals surface area (Å²) in [5, 5.41) is 2.65. The first-order valence-electron chi connectivity index (χ1n) is 4.32. The maximum Gasteiger partial charge on any atom is 0.250 e. The minimum absolute atomic E-state index is 0.265. The quantitative estimate of drug-likeness (QED) is 0.647. The molecule has 74 valence electrons. The van der Waals surface area contributed by atoms with Crippen LogP contribution in [0.1, 0.15) is 26.7 Å². The molecule has 3 N–H and O–H groups in total. The molecule has 0 aromatic rings. The first kappa shape index (κ1) is 11.8. The van der Waals surface area contributed by atoms with Crippen molar-refractivity contribution in [2.24, 2.45) is 5.73 Å². The second kappa shape index (κ2) is 5.43. The van der Waals surface area contributed by atoms with Gasteiger partial charge in [-0.1, -0.05) is 13.8 Å². The first-order valence-corrected chi connectivity index (χ1v) is 4.32. The molecule has 12 heavy (non-hydrogen) atoms. The van der Waals surface area contributed by atoms with Gasteiger partial charge >= 0.3 is 0 Å². The van der Waals surface area contributed by atoms with Gasteiger partial charge in [0.05, 0.1) is 6.54 Å². The van der Waals surface area contributed by atoms with Crippen LogP contribution in [0.2, 0.25) is 0 Å². The smallest absolute Gasteiger partial charge is 0.250 e. The fourth-order valence-corrected chi connectivity index (χ4v) is 0.930. The van der Waals surface area contributed by atoms with Crippen LogP contribution in [0, 0.1) is 0 Å². The summed E-state index contributed by atoms with van der Waals surface area (Å²) in [6.45, 7) is 4.13. The number of nitrogens with one attached hydrogen (secondary N) is 1. The van der Waals surface area contributed by atoms with Crippen LogP contribution in [0.3, 0.4) is 0 Å². The van der Waals surface area contributed by atoms with Crippen molar-refractivity contribution in [3.05, 3.63) is 0 Å². The third-order valence-electron chi connectivity index (χ3n) is 2.18. The van der Waals surface area contributed by atoms with Crippen LogP contribution in [0.5, 0.6) is 0 Å². The third kappa shape index (κ3) is 4.62. The lowest BCUT2D eigenvalue weighted by atomic mass is 9.94. The number of halogens is 2. The zero-order chi connectivity index (χ0) is 9.61. The van der Waals surface area contributed by atoms with Crippen molar-refractivity contribution in [1.82, 2.24) is 5.32 Å². The Bertz CT molecular complexity index is 114. The molecule has 0 aromatic carbocycles. The molecule has 0 amide bonds. The van der Waals surface area contributed by atoms with Crippen LogP contribution < -0.4 is 11.1 Å². The molecule has 0 fully saturated rings. The Hall–Kier alpha value is -0.220. The standard InChI is InChI=1S/C8H18F2N2/c1-3-8(11,4-2)6-12-5-7(9)10/h7,12H,3-6,11H2,1-2H3. The molecule has 2 nitrogen and oxygen atoms in total. The summed E-state index contributed by atoms with van der Waals surface area (Å²) < 4.78 is 23.4. The summed E-state index contributed by atoms with van der Waals surface area (Å²) in [7, 11) is 0. The van der Waals surface area contributed by atoms with E-state index in [0.717, 1.165) is 12.8 Å². The van der Waals surface area contributed by atoms with Gasteiger partial charge in [0.1, 0.15) is 0 Å². The normalized spacial score (nSPS) is 12.5. The average Bonchev–Trinajstić information content (AvgIpc) is 2.03. The molecule has 0 bridgehead atoms. The fraction of sp³-hybridized carbons (Fsp3) is 1.00. The van der Waals surface area contributed by atoms with Crippen LogP contribution in [0.25, 0.3) is 0 Å². The largest absolute Gasteiger partial charge is 0.324 e. The molecule has 0 saturated heterocycles. The summed E-state index contributed by atoms with van der Waals surface area (Å²) in [5.74, 6) is 0. The van der Waals surface area contributed by atoms with E-state index in [2.05, 4.69) is 5.32 Å². The lowest BCUT2D eigenvalue weighted by Crippen LogP contribution is -2.48. The molecule has 4 heteroatoms. The predicted molar refractivity (Wildman–Crippen MR) is 46.4 cm³/mol. The van der Waals surface area contributed by atoms with Crippen LogP contribution >= 0.6 is 0 Å². The number of alkyl halides is 2. The molecule has 0 aliphatic heterocycles. The Morgan fingerprint density at radius 3 is 2.17 bits per heavy atom. The van der Waals surface area contributed by atoms with Crippen molar-refractivity contribution in [3.63, 3.8) is 0 Å². The van der Waals surface area contributed by atoms with Crippen LogP contribution in [-0.2, 0) is 0 Å². The molecule has 0 saturated carbocycles. The monoisotopic (exact) mass is 180 g/mol. The molecule has 0 aliphatic carbocycles. The lowest BCUT2D eigenvalue weighted by molar-refractivity contribution is 0.142. The highest BCUT2D eigenvalue weighted by Gasteiger charge is 2.19. The van der Waals surface area contributed by atoms with Crippen molar-refractivity contribution in [2.75, 3.05) is 13.1 Å². The number of hydrogen-bond acceptors (Lipinski definition) is 2. The molecule has 0 radical (unpaired) electrons.